The van der Waals surface area contributed by atoms with Crippen LogP contribution in [0.3, 0.4) is 0 Å². The number of anilines is 1. The fraction of sp³-hybridized carbons (Fsp3) is 0.300. The molecule has 0 saturated heterocycles. The lowest BCUT2D eigenvalue weighted by Gasteiger charge is -2.10. The Balaban J connectivity index is 2.84. The number of nitrogens with two attached hydrogens (primary N) is 1. The van der Waals surface area contributed by atoms with E-state index in [9.17, 15) is 22.7 Å². The fourth-order valence-electron chi connectivity index (χ4n) is 1.23. The lowest BCUT2D eigenvalue weighted by Crippen LogP contribution is -2.37. The minimum Gasteiger partial charge on any atom is -0.467 e. The van der Waals surface area contributed by atoms with Crippen LogP contribution in [0, 0.1) is 5.82 Å². The fourth-order valence-corrected chi connectivity index (χ4v) is 2.33. The van der Waals surface area contributed by atoms with Gasteiger partial charge in [-0.3, -0.25) is 0 Å². The van der Waals surface area contributed by atoms with Crippen molar-refractivity contribution >= 4 is 21.7 Å². The van der Waals surface area contributed by atoms with Gasteiger partial charge in [0.05, 0.1) is 12.0 Å². The quantitative estimate of drug-likeness (QED) is 0.484. The van der Waals surface area contributed by atoms with E-state index in [1.807, 2.05) is 4.72 Å². The number of hydrogen-bond acceptors (Lipinski definition) is 6. The molecule has 0 amide bonds. The molecule has 0 radical (unpaired) electrons. The molecule has 1 aromatic rings. The zero-order chi connectivity index (χ0) is 14.6. The van der Waals surface area contributed by atoms with Crippen molar-refractivity contribution in [2.75, 3.05) is 19.4 Å². The van der Waals surface area contributed by atoms with Crippen LogP contribution < -0.4 is 10.5 Å². The molecule has 1 rings (SSSR count). The molecule has 0 aliphatic carbocycles. The first-order valence-corrected chi connectivity index (χ1v) is 6.56. The summed E-state index contributed by atoms with van der Waals surface area (Å²) >= 11 is 0. The number of rotatable bonds is 5. The number of hydrogen-bond donors (Lipinski definition) is 3. The molecule has 7 nitrogen and oxygen atoms in total. The van der Waals surface area contributed by atoms with Crippen molar-refractivity contribution in [1.82, 2.24) is 4.72 Å². The normalized spacial score (nSPS) is 13.0. The number of benzene rings is 1. The Morgan fingerprint density at radius 1 is 1.53 bits per heavy atom. The average Bonchev–Trinajstić information content (AvgIpc) is 2.33. The molecule has 1 unspecified atom stereocenters. The summed E-state index contributed by atoms with van der Waals surface area (Å²) in [5.74, 6) is -1.80. The Hall–Kier alpha value is -1.71. The van der Waals surface area contributed by atoms with Gasteiger partial charge in [-0.1, -0.05) is 0 Å². The van der Waals surface area contributed by atoms with Gasteiger partial charge in [0.2, 0.25) is 10.0 Å². The summed E-state index contributed by atoms with van der Waals surface area (Å²) < 4.78 is 42.7. The van der Waals surface area contributed by atoms with E-state index in [0.717, 1.165) is 25.3 Å². The number of nitrogens with one attached hydrogen (secondary N) is 1. The van der Waals surface area contributed by atoms with E-state index in [0.29, 0.717) is 0 Å². The largest absolute Gasteiger partial charge is 0.467 e. The summed E-state index contributed by atoms with van der Waals surface area (Å²) in [7, 11) is -3.03. The summed E-state index contributed by atoms with van der Waals surface area (Å²) in [6.45, 7) is -0.592. The molecule has 0 spiro atoms. The van der Waals surface area contributed by atoms with Crippen LogP contribution in [0.1, 0.15) is 0 Å². The van der Waals surface area contributed by atoms with Gasteiger partial charge in [0.1, 0.15) is 5.82 Å². The first-order chi connectivity index (χ1) is 8.76. The predicted molar refractivity (Wildman–Crippen MR) is 64.0 cm³/mol. The number of sulfonamides is 1. The molecule has 0 heterocycles. The van der Waals surface area contributed by atoms with Crippen LogP contribution in [-0.4, -0.2) is 39.3 Å². The van der Waals surface area contributed by atoms with Crippen LogP contribution in [0.15, 0.2) is 23.1 Å². The zero-order valence-electron chi connectivity index (χ0n) is 9.96. The van der Waals surface area contributed by atoms with Gasteiger partial charge in [-0.15, -0.1) is 0 Å². The lowest BCUT2D eigenvalue weighted by atomic mass is 10.3. The number of halogens is 1. The van der Waals surface area contributed by atoms with Crippen LogP contribution in [0.2, 0.25) is 0 Å². The summed E-state index contributed by atoms with van der Waals surface area (Å²) in [6, 6.07) is 2.78. The number of ether oxygens (including phenoxy) is 1. The number of methoxy groups -OCH3 is 1. The van der Waals surface area contributed by atoms with Crippen LogP contribution in [0.5, 0.6) is 0 Å². The third-order valence-corrected chi connectivity index (χ3v) is 3.55. The molecule has 0 fully saturated rings. The van der Waals surface area contributed by atoms with Gasteiger partial charge in [-0.05, 0) is 18.2 Å². The Morgan fingerprint density at radius 2 is 2.16 bits per heavy atom. The van der Waals surface area contributed by atoms with E-state index >= 15 is 0 Å². The number of aliphatic hydroxyl groups excluding tert-OH is 1. The highest BCUT2D eigenvalue weighted by atomic mass is 32.2. The second kappa shape index (κ2) is 5.95. The molecule has 0 aromatic heterocycles. The summed E-state index contributed by atoms with van der Waals surface area (Å²) in [5.41, 5.74) is 5.26. The van der Waals surface area contributed by atoms with E-state index in [1.54, 1.807) is 0 Å². The van der Waals surface area contributed by atoms with Crippen molar-refractivity contribution in [3.05, 3.63) is 24.0 Å². The highest BCUT2D eigenvalue weighted by Gasteiger charge is 2.21. The number of aliphatic hydroxyl groups is 1. The van der Waals surface area contributed by atoms with Gasteiger partial charge >= 0.3 is 5.97 Å². The highest BCUT2D eigenvalue weighted by molar-refractivity contribution is 7.89. The van der Waals surface area contributed by atoms with Crippen molar-refractivity contribution in [3.8, 4) is 0 Å². The van der Waals surface area contributed by atoms with E-state index in [1.165, 1.54) is 0 Å². The van der Waals surface area contributed by atoms with Crippen molar-refractivity contribution in [2.45, 2.75) is 11.0 Å². The second-order valence-corrected chi connectivity index (χ2v) is 5.38. The number of esters is 1. The van der Waals surface area contributed by atoms with Crippen molar-refractivity contribution in [3.63, 3.8) is 0 Å². The van der Waals surface area contributed by atoms with E-state index in [4.69, 9.17) is 5.73 Å². The van der Waals surface area contributed by atoms with Gasteiger partial charge in [0, 0.05) is 12.2 Å². The van der Waals surface area contributed by atoms with Crippen LogP contribution in [-0.2, 0) is 19.6 Å². The number of nitrogen functional groups attached to an aromatic ring is 1. The molecule has 0 bridgehead atoms. The van der Waals surface area contributed by atoms with Crippen LogP contribution in [0.25, 0.3) is 0 Å². The van der Waals surface area contributed by atoms with Gasteiger partial charge in [-0.25, -0.2) is 22.3 Å². The number of carbonyl (C=O) groups excluding carboxylic acids is 1. The van der Waals surface area contributed by atoms with Crippen LogP contribution >= 0.6 is 0 Å². The van der Waals surface area contributed by atoms with Gasteiger partial charge in [0.25, 0.3) is 0 Å². The molecule has 0 aliphatic heterocycles. The molecule has 4 N–H and O–H groups in total. The minimum atomic E-state index is -4.08. The Bertz CT molecular complexity index is 555. The summed E-state index contributed by atoms with van der Waals surface area (Å²) in [4.78, 5) is 10.5. The van der Waals surface area contributed by atoms with Crippen molar-refractivity contribution in [2.24, 2.45) is 0 Å². The maximum atomic E-state index is 13.0. The molecule has 19 heavy (non-hydrogen) atoms. The predicted octanol–water partition coefficient (Wildman–Crippen LogP) is -0.780. The van der Waals surface area contributed by atoms with Gasteiger partial charge in [0.15, 0.2) is 6.10 Å². The smallest absolute Gasteiger partial charge is 0.336 e. The highest BCUT2D eigenvalue weighted by Crippen LogP contribution is 2.15. The molecule has 9 heteroatoms. The molecular weight excluding hydrogens is 279 g/mol. The third-order valence-electron chi connectivity index (χ3n) is 2.14. The minimum absolute atomic E-state index is 0.0612. The first kappa shape index (κ1) is 15.3. The van der Waals surface area contributed by atoms with Gasteiger partial charge in [-0.2, -0.15) is 0 Å². The molecule has 0 saturated carbocycles. The maximum Gasteiger partial charge on any atom is 0.336 e. The number of carbonyl (C=O) groups is 1. The SMILES string of the molecule is COC(=O)C(O)CNS(=O)(=O)c1cc(N)cc(F)c1. The molecule has 1 atom stereocenters. The topological polar surface area (TPSA) is 119 Å². The third kappa shape index (κ3) is 4.16. The molecule has 1 aromatic carbocycles. The Morgan fingerprint density at radius 3 is 2.68 bits per heavy atom. The van der Waals surface area contributed by atoms with E-state index in [-0.39, 0.29) is 5.69 Å². The molecule has 106 valence electrons. The summed E-state index contributed by atoms with van der Waals surface area (Å²) in [5, 5.41) is 9.24. The van der Waals surface area contributed by atoms with E-state index in [2.05, 4.69) is 4.74 Å². The standard InChI is InChI=1S/C10H13FN2O5S/c1-18-10(15)9(14)5-13-19(16,17)8-3-6(11)2-7(12)4-8/h2-4,9,13-14H,5,12H2,1H3. The second-order valence-electron chi connectivity index (χ2n) is 3.61. The van der Waals surface area contributed by atoms with Crippen LogP contribution in [0.4, 0.5) is 10.1 Å². The Kier molecular flexibility index (Phi) is 4.81. The van der Waals surface area contributed by atoms with Crippen molar-refractivity contribution < 1.29 is 27.4 Å². The first-order valence-electron chi connectivity index (χ1n) is 5.08. The van der Waals surface area contributed by atoms with Crippen molar-refractivity contribution in [1.29, 1.82) is 0 Å². The molecule has 0 aliphatic rings. The Labute approximate surface area is 109 Å². The van der Waals surface area contributed by atoms with E-state index < -0.39 is 39.4 Å². The average molecular weight is 292 g/mol. The summed E-state index contributed by atoms with van der Waals surface area (Å²) in [6.07, 6.45) is -1.65. The molecular formula is C10H13FN2O5S. The lowest BCUT2D eigenvalue weighted by molar-refractivity contribution is -0.149. The zero-order valence-corrected chi connectivity index (χ0v) is 10.8. The van der Waals surface area contributed by atoms with Gasteiger partial charge < -0.3 is 15.6 Å². The maximum absolute atomic E-state index is 13.0. The monoisotopic (exact) mass is 292 g/mol.